The van der Waals surface area contributed by atoms with Crippen LogP contribution in [0, 0.1) is 0 Å². The summed E-state index contributed by atoms with van der Waals surface area (Å²) in [5, 5.41) is 4.04. The maximum Gasteiger partial charge on any atom is 0.349 e. The number of thiazole rings is 1. The van der Waals surface area contributed by atoms with E-state index < -0.39 is 0 Å². The number of esters is 1. The average Bonchev–Trinajstić information content (AvgIpc) is 2.68. The van der Waals surface area contributed by atoms with Crippen molar-refractivity contribution >= 4 is 17.3 Å². The summed E-state index contributed by atoms with van der Waals surface area (Å²) in [5.74, 6) is -0.278. The Morgan fingerprint density at radius 1 is 1.60 bits per heavy atom. The molecule has 0 aliphatic rings. The van der Waals surface area contributed by atoms with E-state index >= 15 is 0 Å². The second-order valence-electron chi connectivity index (χ2n) is 3.08. The lowest BCUT2D eigenvalue weighted by Crippen LogP contribution is -2.10. The molecule has 0 amide bonds. The van der Waals surface area contributed by atoms with E-state index in [9.17, 15) is 4.79 Å². The van der Waals surface area contributed by atoms with Gasteiger partial charge < -0.3 is 10.1 Å². The highest BCUT2D eigenvalue weighted by molar-refractivity contribution is 7.13. The van der Waals surface area contributed by atoms with E-state index in [2.05, 4.69) is 10.3 Å². The number of methoxy groups -OCH3 is 1. The fraction of sp³-hybridized carbons (Fsp3) is 0.600. The number of carbonyl (C=O) groups is 1. The van der Waals surface area contributed by atoms with Gasteiger partial charge in [0.25, 0.3) is 0 Å². The topological polar surface area (TPSA) is 51.2 Å². The molecule has 0 saturated heterocycles. The first kappa shape index (κ1) is 12.1. The molecule has 0 aromatic carbocycles. The second-order valence-corrected chi connectivity index (χ2v) is 4.17. The van der Waals surface area contributed by atoms with Crippen LogP contribution in [0.5, 0.6) is 0 Å². The van der Waals surface area contributed by atoms with E-state index in [-0.39, 0.29) is 5.97 Å². The van der Waals surface area contributed by atoms with Crippen molar-refractivity contribution in [3.8, 4) is 0 Å². The summed E-state index contributed by atoms with van der Waals surface area (Å²) in [6.45, 7) is 2.86. The molecule has 1 rings (SSSR count). The Hall–Kier alpha value is -0.940. The molecule has 0 aliphatic heterocycles. The lowest BCUT2D eigenvalue weighted by Gasteiger charge is -1.95. The predicted octanol–water partition coefficient (Wildman–Crippen LogP) is 1.25. The third-order valence-corrected chi connectivity index (χ3v) is 3.17. The van der Waals surface area contributed by atoms with Gasteiger partial charge in [0.1, 0.15) is 4.88 Å². The van der Waals surface area contributed by atoms with Gasteiger partial charge in [-0.3, -0.25) is 0 Å². The van der Waals surface area contributed by atoms with E-state index in [0.717, 1.165) is 30.1 Å². The molecule has 1 aromatic rings. The number of aryl methyl sites for hydroxylation is 1. The number of aromatic nitrogens is 1. The number of rotatable bonds is 5. The van der Waals surface area contributed by atoms with Gasteiger partial charge in [-0.2, -0.15) is 0 Å². The molecule has 84 valence electrons. The molecular weight excluding hydrogens is 212 g/mol. The highest BCUT2D eigenvalue weighted by atomic mass is 32.1. The smallest absolute Gasteiger partial charge is 0.349 e. The van der Waals surface area contributed by atoms with Crippen molar-refractivity contribution in [2.75, 3.05) is 20.7 Å². The first-order chi connectivity index (χ1) is 7.22. The number of hydrogen-bond donors (Lipinski definition) is 1. The minimum Gasteiger partial charge on any atom is -0.465 e. The first-order valence-electron chi connectivity index (χ1n) is 4.94. The average molecular weight is 228 g/mol. The van der Waals surface area contributed by atoms with Crippen LogP contribution < -0.4 is 5.32 Å². The van der Waals surface area contributed by atoms with Gasteiger partial charge in [0, 0.05) is 13.0 Å². The number of nitrogens with zero attached hydrogens (tertiary/aromatic N) is 1. The van der Waals surface area contributed by atoms with Crippen LogP contribution in [-0.2, 0) is 17.6 Å². The first-order valence-corrected chi connectivity index (χ1v) is 5.76. The highest BCUT2D eigenvalue weighted by Gasteiger charge is 2.16. The molecule has 1 N–H and O–H groups in total. The van der Waals surface area contributed by atoms with Crippen LogP contribution in [0.4, 0.5) is 0 Å². The lowest BCUT2D eigenvalue weighted by atomic mass is 10.3. The van der Waals surface area contributed by atoms with Crippen molar-refractivity contribution in [1.82, 2.24) is 10.3 Å². The third kappa shape index (κ3) is 3.00. The van der Waals surface area contributed by atoms with Gasteiger partial charge in [-0.1, -0.05) is 6.92 Å². The van der Waals surface area contributed by atoms with Crippen LogP contribution in [0.15, 0.2) is 0 Å². The Bertz CT molecular complexity index is 336. The standard InChI is InChI=1S/C10H16N2O2S/c1-4-7-9(10(13)14-3)15-8(12-7)5-6-11-2/h11H,4-6H2,1-3H3. The maximum atomic E-state index is 11.4. The molecule has 1 heterocycles. The summed E-state index contributed by atoms with van der Waals surface area (Å²) in [6.07, 6.45) is 1.62. The monoisotopic (exact) mass is 228 g/mol. The molecule has 5 heteroatoms. The van der Waals surface area contributed by atoms with Gasteiger partial charge in [-0.15, -0.1) is 11.3 Å². The second kappa shape index (κ2) is 5.82. The Labute approximate surface area is 93.7 Å². The van der Waals surface area contributed by atoms with Gasteiger partial charge in [-0.05, 0) is 13.5 Å². The van der Waals surface area contributed by atoms with E-state index in [4.69, 9.17) is 4.74 Å². The zero-order valence-corrected chi connectivity index (χ0v) is 10.1. The van der Waals surface area contributed by atoms with Crippen molar-refractivity contribution in [3.63, 3.8) is 0 Å². The molecular formula is C10H16N2O2S. The van der Waals surface area contributed by atoms with Gasteiger partial charge >= 0.3 is 5.97 Å². The largest absolute Gasteiger partial charge is 0.465 e. The molecule has 4 nitrogen and oxygen atoms in total. The van der Waals surface area contributed by atoms with Crippen LogP contribution in [0.3, 0.4) is 0 Å². The van der Waals surface area contributed by atoms with Crippen LogP contribution in [0.1, 0.15) is 27.3 Å². The van der Waals surface area contributed by atoms with Gasteiger partial charge in [-0.25, -0.2) is 9.78 Å². The molecule has 0 aliphatic carbocycles. The number of carbonyl (C=O) groups excluding carboxylic acids is 1. The summed E-state index contributed by atoms with van der Waals surface area (Å²) < 4.78 is 4.71. The van der Waals surface area contributed by atoms with Crippen molar-refractivity contribution in [3.05, 3.63) is 15.6 Å². The number of likely N-dealkylation sites (N-methyl/N-ethyl adjacent to an activating group) is 1. The molecule has 0 atom stereocenters. The molecule has 0 spiro atoms. The molecule has 0 radical (unpaired) electrons. The van der Waals surface area contributed by atoms with Gasteiger partial charge in [0.15, 0.2) is 0 Å². The fourth-order valence-electron chi connectivity index (χ4n) is 1.23. The van der Waals surface area contributed by atoms with Crippen LogP contribution in [-0.4, -0.2) is 31.7 Å². The SMILES string of the molecule is CCc1nc(CCNC)sc1C(=O)OC. The van der Waals surface area contributed by atoms with Crippen molar-refractivity contribution < 1.29 is 9.53 Å². The van der Waals surface area contributed by atoms with E-state index in [1.807, 2.05) is 14.0 Å². The maximum absolute atomic E-state index is 11.4. The number of ether oxygens (including phenoxy) is 1. The fourth-order valence-corrected chi connectivity index (χ4v) is 2.30. The molecule has 0 saturated carbocycles. The summed E-state index contributed by atoms with van der Waals surface area (Å²) >= 11 is 1.43. The third-order valence-electron chi connectivity index (χ3n) is 2.04. The predicted molar refractivity (Wildman–Crippen MR) is 60.5 cm³/mol. The Morgan fingerprint density at radius 2 is 2.33 bits per heavy atom. The summed E-state index contributed by atoms with van der Waals surface area (Å²) in [4.78, 5) is 16.5. The summed E-state index contributed by atoms with van der Waals surface area (Å²) in [7, 11) is 3.30. The van der Waals surface area contributed by atoms with Crippen LogP contribution >= 0.6 is 11.3 Å². The van der Waals surface area contributed by atoms with Gasteiger partial charge in [0.05, 0.1) is 17.8 Å². The Kier molecular flexibility index (Phi) is 4.71. The van der Waals surface area contributed by atoms with Crippen LogP contribution in [0.25, 0.3) is 0 Å². The minimum absolute atomic E-state index is 0.278. The zero-order valence-electron chi connectivity index (χ0n) is 9.29. The Balaban J connectivity index is 2.85. The normalized spacial score (nSPS) is 10.3. The lowest BCUT2D eigenvalue weighted by molar-refractivity contribution is 0.0605. The molecule has 0 bridgehead atoms. The summed E-state index contributed by atoms with van der Waals surface area (Å²) in [6, 6.07) is 0. The molecule has 15 heavy (non-hydrogen) atoms. The summed E-state index contributed by atoms with van der Waals surface area (Å²) in [5.41, 5.74) is 0.845. The van der Waals surface area contributed by atoms with E-state index in [1.165, 1.54) is 18.4 Å². The van der Waals surface area contributed by atoms with Gasteiger partial charge in [0.2, 0.25) is 0 Å². The molecule has 0 unspecified atom stereocenters. The van der Waals surface area contributed by atoms with E-state index in [0.29, 0.717) is 4.88 Å². The van der Waals surface area contributed by atoms with Crippen LogP contribution in [0.2, 0.25) is 0 Å². The molecule has 1 aromatic heterocycles. The highest BCUT2D eigenvalue weighted by Crippen LogP contribution is 2.20. The molecule has 0 fully saturated rings. The van der Waals surface area contributed by atoms with E-state index in [1.54, 1.807) is 0 Å². The minimum atomic E-state index is -0.278. The van der Waals surface area contributed by atoms with Crippen molar-refractivity contribution in [2.45, 2.75) is 19.8 Å². The quantitative estimate of drug-likeness (QED) is 0.771. The van der Waals surface area contributed by atoms with Crippen molar-refractivity contribution in [1.29, 1.82) is 0 Å². The van der Waals surface area contributed by atoms with Crippen molar-refractivity contribution in [2.24, 2.45) is 0 Å². The zero-order chi connectivity index (χ0) is 11.3. The number of nitrogens with one attached hydrogen (secondary N) is 1. The Morgan fingerprint density at radius 3 is 2.87 bits per heavy atom. The number of hydrogen-bond acceptors (Lipinski definition) is 5.